The normalized spacial score (nSPS) is 11.1. The van der Waals surface area contributed by atoms with Crippen LogP contribution in [0.3, 0.4) is 0 Å². The van der Waals surface area contributed by atoms with E-state index in [1.54, 1.807) is 11.0 Å². The zero-order valence-corrected chi connectivity index (χ0v) is 16.3. The van der Waals surface area contributed by atoms with Gasteiger partial charge in [0.1, 0.15) is 18.7 Å². The fourth-order valence-corrected chi connectivity index (χ4v) is 2.73. The molecule has 2 aromatic rings. The summed E-state index contributed by atoms with van der Waals surface area (Å²) in [6.07, 6.45) is 2.63. The molecule has 0 unspecified atom stereocenters. The lowest BCUT2D eigenvalue weighted by molar-refractivity contribution is 0.697. The van der Waals surface area contributed by atoms with Crippen molar-refractivity contribution in [2.45, 2.75) is 33.4 Å². The van der Waals surface area contributed by atoms with E-state index in [9.17, 15) is 0 Å². The number of thiophene rings is 1. The van der Waals surface area contributed by atoms with Crippen LogP contribution in [0.4, 0.5) is 0 Å². The van der Waals surface area contributed by atoms with Gasteiger partial charge < -0.3 is 10.6 Å². The van der Waals surface area contributed by atoms with Crippen LogP contribution in [0, 0.1) is 0 Å². The van der Waals surface area contributed by atoms with Crippen molar-refractivity contribution in [2.75, 3.05) is 6.54 Å². The number of hydrogen-bond acceptors (Lipinski definition) is 4. The van der Waals surface area contributed by atoms with Crippen molar-refractivity contribution < 1.29 is 0 Å². The molecule has 0 radical (unpaired) electrons. The Kier molecular flexibility index (Phi) is 8.39. The van der Waals surface area contributed by atoms with Gasteiger partial charge in [0.2, 0.25) is 0 Å². The van der Waals surface area contributed by atoms with Crippen LogP contribution in [-0.2, 0) is 26.6 Å². The lowest BCUT2D eigenvalue weighted by Gasteiger charge is -2.10. The maximum absolute atomic E-state index is 4.53. The van der Waals surface area contributed by atoms with Gasteiger partial charge >= 0.3 is 0 Å². The van der Waals surface area contributed by atoms with Crippen LogP contribution in [0.25, 0.3) is 0 Å². The summed E-state index contributed by atoms with van der Waals surface area (Å²) in [5.74, 6) is 1.64. The highest BCUT2D eigenvalue weighted by atomic mass is 127. The molecule has 0 aliphatic carbocycles. The molecule has 0 atom stereocenters. The number of guanidine groups is 1. The van der Waals surface area contributed by atoms with Gasteiger partial charge in [-0.2, -0.15) is 5.10 Å². The third-order valence-electron chi connectivity index (χ3n) is 3.02. The van der Waals surface area contributed by atoms with E-state index in [1.807, 2.05) is 18.4 Å². The zero-order valence-electron chi connectivity index (χ0n) is 13.2. The second-order valence-corrected chi connectivity index (χ2v) is 5.82. The van der Waals surface area contributed by atoms with E-state index >= 15 is 0 Å². The Bertz CT molecular complexity index is 592. The molecule has 122 valence electrons. The van der Waals surface area contributed by atoms with Crippen molar-refractivity contribution >= 4 is 41.3 Å². The number of nitrogens with one attached hydrogen (secondary N) is 2. The van der Waals surface area contributed by atoms with E-state index in [0.717, 1.165) is 31.3 Å². The highest BCUT2D eigenvalue weighted by Gasteiger charge is 2.03. The van der Waals surface area contributed by atoms with Crippen LogP contribution in [0.1, 0.15) is 29.4 Å². The molecule has 2 N–H and O–H groups in total. The molecule has 2 aromatic heterocycles. The van der Waals surface area contributed by atoms with Crippen molar-refractivity contribution in [3.05, 3.63) is 34.0 Å². The molecule has 0 aromatic carbocycles. The standard InChI is InChI=1S/C14H22N6S.HI/c1-4-11-6-7-12(21-11)8-16-14(15-5-2)17-9-13-18-10-19-20(13)3;/h6-7,10H,4-5,8-9H2,1-3H3,(H2,15,16,17);1H. The van der Waals surface area contributed by atoms with E-state index < -0.39 is 0 Å². The number of aliphatic imine (C=N–C) groups is 1. The van der Waals surface area contributed by atoms with Crippen molar-refractivity contribution in [1.82, 2.24) is 25.4 Å². The van der Waals surface area contributed by atoms with E-state index in [1.165, 1.54) is 9.75 Å². The maximum Gasteiger partial charge on any atom is 0.191 e. The number of hydrogen-bond donors (Lipinski definition) is 2. The predicted octanol–water partition coefficient (Wildman–Crippen LogP) is 2.31. The third kappa shape index (κ3) is 5.56. The third-order valence-corrected chi connectivity index (χ3v) is 4.25. The topological polar surface area (TPSA) is 67.1 Å². The van der Waals surface area contributed by atoms with Gasteiger partial charge in [0.05, 0.1) is 6.54 Å². The predicted molar refractivity (Wildman–Crippen MR) is 102 cm³/mol. The quantitative estimate of drug-likeness (QED) is 0.416. The minimum absolute atomic E-state index is 0. The Morgan fingerprint density at radius 3 is 2.64 bits per heavy atom. The van der Waals surface area contributed by atoms with Crippen LogP contribution in [0.15, 0.2) is 23.5 Å². The van der Waals surface area contributed by atoms with Crippen molar-refractivity contribution in [2.24, 2.45) is 12.0 Å². The van der Waals surface area contributed by atoms with Gasteiger partial charge in [-0.25, -0.2) is 9.98 Å². The lowest BCUT2D eigenvalue weighted by atomic mass is 10.4. The fraction of sp³-hybridized carbons (Fsp3) is 0.500. The summed E-state index contributed by atoms with van der Waals surface area (Å²) in [7, 11) is 1.87. The first kappa shape index (κ1) is 18.9. The highest BCUT2D eigenvalue weighted by molar-refractivity contribution is 14.0. The molecule has 0 aliphatic rings. The second-order valence-electron chi connectivity index (χ2n) is 4.57. The lowest BCUT2D eigenvalue weighted by Crippen LogP contribution is -2.36. The minimum atomic E-state index is 0. The molecule has 22 heavy (non-hydrogen) atoms. The molecule has 0 aliphatic heterocycles. The molecule has 0 spiro atoms. The maximum atomic E-state index is 4.53. The van der Waals surface area contributed by atoms with Gasteiger partial charge in [0, 0.05) is 23.3 Å². The Labute approximate surface area is 152 Å². The first-order valence-corrected chi connectivity index (χ1v) is 7.97. The minimum Gasteiger partial charge on any atom is -0.357 e. The summed E-state index contributed by atoms with van der Waals surface area (Å²) in [5, 5.41) is 10.6. The molecule has 0 fully saturated rings. The number of rotatable bonds is 6. The number of aryl methyl sites for hydroxylation is 2. The summed E-state index contributed by atoms with van der Waals surface area (Å²) >= 11 is 1.84. The molecule has 2 heterocycles. The average molecular weight is 434 g/mol. The zero-order chi connectivity index (χ0) is 15.1. The Morgan fingerprint density at radius 1 is 1.27 bits per heavy atom. The first-order chi connectivity index (χ1) is 10.2. The SMILES string of the molecule is CCNC(=NCc1ncnn1C)NCc1ccc(CC)s1.I. The van der Waals surface area contributed by atoms with Crippen LogP contribution in [0.5, 0.6) is 0 Å². The van der Waals surface area contributed by atoms with Gasteiger partial charge in [0.15, 0.2) is 5.96 Å². The van der Waals surface area contributed by atoms with Crippen LogP contribution in [-0.4, -0.2) is 27.3 Å². The number of aromatic nitrogens is 3. The van der Waals surface area contributed by atoms with Gasteiger partial charge in [0.25, 0.3) is 0 Å². The first-order valence-electron chi connectivity index (χ1n) is 7.15. The molecule has 0 saturated carbocycles. The molecule has 0 saturated heterocycles. The second kappa shape index (κ2) is 9.78. The average Bonchev–Trinajstić information content (AvgIpc) is 3.11. The van der Waals surface area contributed by atoms with Crippen molar-refractivity contribution in [3.63, 3.8) is 0 Å². The number of halogens is 1. The van der Waals surface area contributed by atoms with Gasteiger partial charge in [-0.3, -0.25) is 4.68 Å². The molecule has 0 bridgehead atoms. The molecule has 8 heteroatoms. The summed E-state index contributed by atoms with van der Waals surface area (Å²) < 4.78 is 1.74. The Hall–Kier alpha value is -1.16. The molecule has 2 rings (SSSR count). The van der Waals surface area contributed by atoms with E-state index in [0.29, 0.717) is 6.54 Å². The monoisotopic (exact) mass is 434 g/mol. The van der Waals surface area contributed by atoms with Crippen LogP contribution in [0.2, 0.25) is 0 Å². The van der Waals surface area contributed by atoms with Crippen LogP contribution < -0.4 is 10.6 Å². The largest absolute Gasteiger partial charge is 0.357 e. The molecular formula is C14H23IN6S. The van der Waals surface area contributed by atoms with Gasteiger partial charge in [-0.05, 0) is 25.5 Å². The van der Waals surface area contributed by atoms with E-state index in [2.05, 4.69) is 51.7 Å². The van der Waals surface area contributed by atoms with E-state index in [-0.39, 0.29) is 24.0 Å². The highest BCUT2D eigenvalue weighted by Crippen LogP contribution is 2.16. The smallest absolute Gasteiger partial charge is 0.191 e. The van der Waals surface area contributed by atoms with Crippen molar-refractivity contribution in [3.8, 4) is 0 Å². The Balaban J connectivity index is 0.00000242. The molecular weight excluding hydrogens is 411 g/mol. The summed E-state index contributed by atoms with van der Waals surface area (Å²) in [6.45, 7) is 6.36. The summed E-state index contributed by atoms with van der Waals surface area (Å²) in [5.41, 5.74) is 0. The number of nitrogens with zero attached hydrogens (tertiary/aromatic N) is 4. The van der Waals surface area contributed by atoms with Crippen LogP contribution >= 0.6 is 35.3 Å². The van der Waals surface area contributed by atoms with Crippen molar-refractivity contribution in [1.29, 1.82) is 0 Å². The van der Waals surface area contributed by atoms with Gasteiger partial charge in [-0.1, -0.05) is 6.92 Å². The van der Waals surface area contributed by atoms with E-state index in [4.69, 9.17) is 0 Å². The summed E-state index contributed by atoms with van der Waals surface area (Å²) in [6, 6.07) is 4.36. The Morgan fingerprint density at radius 2 is 2.05 bits per heavy atom. The molecule has 6 nitrogen and oxygen atoms in total. The van der Waals surface area contributed by atoms with Gasteiger partial charge in [-0.15, -0.1) is 35.3 Å². The summed E-state index contributed by atoms with van der Waals surface area (Å²) in [4.78, 5) is 11.4. The molecule has 0 amide bonds. The fourth-order valence-electron chi connectivity index (χ4n) is 1.83.